The second-order valence-electron chi connectivity index (χ2n) is 6.09. The molecule has 0 aliphatic carbocycles. The minimum atomic E-state index is -0.186. The van der Waals surface area contributed by atoms with Crippen LogP contribution in [0.15, 0.2) is 24.3 Å². The molecule has 0 aromatic heterocycles. The molecule has 0 saturated heterocycles. The molecule has 2 nitrogen and oxygen atoms in total. The second-order valence-corrected chi connectivity index (χ2v) is 6.30. The molecule has 0 fully saturated rings. The highest BCUT2D eigenvalue weighted by Crippen LogP contribution is 2.26. The number of aryl methyl sites for hydroxylation is 1. The number of hydrogen-bond donors (Lipinski definition) is 0. The van der Waals surface area contributed by atoms with E-state index in [1.165, 1.54) is 44.9 Å². The summed E-state index contributed by atoms with van der Waals surface area (Å²) in [4.78, 5) is 12.0. The minimum Gasteiger partial charge on any atom is -0.516 e. The van der Waals surface area contributed by atoms with E-state index in [9.17, 15) is 4.79 Å². The average Bonchev–Trinajstić information content (AvgIpc) is 2.54. The fourth-order valence-electron chi connectivity index (χ4n) is 2.93. The predicted octanol–water partition coefficient (Wildman–Crippen LogP) is 5.24. The summed E-state index contributed by atoms with van der Waals surface area (Å²) in [6, 6.07) is 8.08. The Morgan fingerprint density at radius 3 is 2.23 bits per heavy atom. The molecule has 22 heavy (non-hydrogen) atoms. The molecule has 121 valence electrons. The number of rotatable bonds is 11. The van der Waals surface area contributed by atoms with Crippen LogP contribution in [0, 0.1) is 6.92 Å². The summed E-state index contributed by atoms with van der Waals surface area (Å²) in [6.07, 6.45) is 11.1. The van der Waals surface area contributed by atoms with Crippen LogP contribution in [0.3, 0.4) is 0 Å². The van der Waals surface area contributed by atoms with Crippen molar-refractivity contribution in [1.29, 1.82) is 0 Å². The number of carbonyl (C=O) groups is 1. The van der Waals surface area contributed by atoms with Crippen LogP contribution in [0.4, 0.5) is 0 Å². The topological polar surface area (TPSA) is 26.3 Å². The van der Waals surface area contributed by atoms with Crippen LogP contribution >= 0.6 is 0 Å². The second kappa shape index (κ2) is 11.5. The van der Waals surface area contributed by atoms with Crippen molar-refractivity contribution in [2.75, 3.05) is 0 Å². The molecule has 0 saturated carbocycles. The third kappa shape index (κ3) is 6.78. The zero-order valence-corrected chi connectivity index (χ0v) is 15.1. The molecule has 0 N–H and O–H groups in total. The fourth-order valence-corrected chi connectivity index (χ4v) is 3.07. The lowest BCUT2D eigenvalue weighted by Gasteiger charge is -2.17. The summed E-state index contributed by atoms with van der Waals surface area (Å²) in [5.74, 6) is -0.340. The van der Waals surface area contributed by atoms with E-state index in [1.807, 2.05) is 18.2 Å². The zero-order valence-electron chi connectivity index (χ0n) is 14.1. The van der Waals surface area contributed by atoms with E-state index in [0.29, 0.717) is 0 Å². The van der Waals surface area contributed by atoms with E-state index < -0.39 is 0 Å². The Kier molecular flexibility index (Phi) is 9.88. The first kappa shape index (κ1) is 19.0. The third-order valence-corrected chi connectivity index (χ3v) is 4.50. The number of hydrogen-bond acceptors (Lipinski definition) is 2. The van der Waals surface area contributed by atoms with Gasteiger partial charge in [-0.15, -0.1) is 0 Å². The van der Waals surface area contributed by atoms with Gasteiger partial charge >= 0.3 is 10.5 Å². The average molecular weight is 318 g/mol. The van der Waals surface area contributed by atoms with Gasteiger partial charge in [0, 0.05) is 0 Å². The summed E-state index contributed by atoms with van der Waals surface area (Å²) < 4.78 is 4.81. The van der Waals surface area contributed by atoms with Crippen LogP contribution in [0.2, 0.25) is 0 Å². The van der Waals surface area contributed by atoms with Crippen molar-refractivity contribution in [1.82, 2.24) is 0 Å². The summed E-state index contributed by atoms with van der Waals surface area (Å²) in [5.41, 5.74) is 2.25. The lowest BCUT2D eigenvalue weighted by atomic mass is 9.90. The molecule has 0 bridgehead atoms. The van der Waals surface area contributed by atoms with Crippen molar-refractivity contribution in [2.24, 2.45) is 0 Å². The highest BCUT2D eigenvalue weighted by atomic mass is 28.2. The van der Waals surface area contributed by atoms with Gasteiger partial charge in [0.15, 0.2) is 0 Å². The number of unbranched alkanes of at least 4 members (excludes halogenated alkanes) is 7. The van der Waals surface area contributed by atoms with Gasteiger partial charge in [-0.05, 0) is 24.5 Å². The Hall–Kier alpha value is -1.09. The van der Waals surface area contributed by atoms with E-state index in [-0.39, 0.29) is 11.9 Å². The molecule has 1 unspecified atom stereocenters. The van der Waals surface area contributed by atoms with Crippen molar-refractivity contribution in [3.63, 3.8) is 0 Å². The van der Waals surface area contributed by atoms with Crippen molar-refractivity contribution < 1.29 is 9.22 Å². The van der Waals surface area contributed by atoms with Gasteiger partial charge in [0.25, 0.3) is 5.97 Å². The molecule has 0 amide bonds. The van der Waals surface area contributed by atoms with Gasteiger partial charge in [-0.1, -0.05) is 82.6 Å². The van der Waals surface area contributed by atoms with Crippen LogP contribution in [0.5, 0.6) is 0 Å². The largest absolute Gasteiger partial charge is 0.516 e. The van der Waals surface area contributed by atoms with Gasteiger partial charge in [-0.25, -0.2) is 0 Å². The number of benzene rings is 1. The van der Waals surface area contributed by atoms with Crippen LogP contribution in [-0.4, -0.2) is 16.5 Å². The predicted molar refractivity (Wildman–Crippen MR) is 93.0 cm³/mol. The Labute approximate surface area is 139 Å². The molecule has 0 heterocycles. The normalized spacial score (nSPS) is 12.1. The van der Waals surface area contributed by atoms with E-state index in [4.69, 9.17) is 4.43 Å². The first-order valence-electron chi connectivity index (χ1n) is 8.63. The summed E-state index contributed by atoms with van der Waals surface area (Å²) in [5, 5.41) is 0. The maximum atomic E-state index is 12.0. The molecular weight excluding hydrogens is 288 g/mol. The summed E-state index contributed by atoms with van der Waals surface area (Å²) in [7, 11) is 2.90. The standard InChI is InChI=1S/C19H29O2Si/c1-3-4-5-6-7-8-9-10-15-18(19(20)21-22)17-14-12-11-13-16(17)2/h11-14,18H,3-10,15H2,1-2H3. The summed E-state index contributed by atoms with van der Waals surface area (Å²) in [6.45, 7) is 4.30. The van der Waals surface area contributed by atoms with Crippen LogP contribution in [0.25, 0.3) is 0 Å². The first-order valence-corrected chi connectivity index (χ1v) is 9.04. The van der Waals surface area contributed by atoms with Crippen molar-refractivity contribution >= 4 is 16.5 Å². The SMILES string of the molecule is CCCCCCCCCCC(C(=O)O[Si])c1ccccc1C. The van der Waals surface area contributed by atoms with E-state index >= 15 is 0 Å². The maximum Gasteiger partial charge on any atom is 0.345 e. The highest BCUT2D eigenvalue weighted by Gasteiger charge is 2.21. The van der Waals surface area contributed by atoms with Crippen LogP contribution < -0.4 is 0 Å². The molecule has 1 atom stereocenters. The van der Waals surface area contributed by atoms with Gasteiger partial charge in [-0.2, -0.15) is 0 Å². The van der Waals surface area contributed by atoms with E-state index in [2.05, 4.69) is 30.4 Å². The molecular formula is C19H29O2Si. The van der Waals surface area contributed by atoms with Crippen LogP contribution in [0.1, 0.15) is 81.8 Å². The van der Waals surface area contributed by atoms with Gasteiger partial charge < -0.3 is 4.43 Å². The van der Waals surface area contributed by atoms with Crippen molar-refractivity contribution in [2.45, 2.75) is 77.6 Å². The Balaban J connectivity index is 2.38. The molecule has 3 radical (unpaired) electrons. The van der Waals surface area contributed by atoms with Crippen molar-refractivity contribution in [3.8, 4) is 0 Å². The van der Waals surface area contributed by atoms with Crippen molar-refractivity contribution in [3.05, 3.63) is 35.4 Å². The first-order chi connectivity index (χ1) is 10.7. The lowest BCUT2D eigenvalue weighted by Crippen LogP contribution is -2.16. The lowest BCUT2D eigenvalue weighted by molar-refractivity contribution is -0.136. The maximum absolute atomic E-state index is 12.0. The Morgan fingerprint density at radius 2 is 1.64 bits per heavy atom. The quantitative estimate of drug-likeness (QED) is 0.412. The summed E-state index contributed by atoms with van der Waals surface area (Å²) >= 11 is 0. The fraction of sp³-hybridized carbons (Fsp3) is 0.632. The molecule has 0 spiro atoms. The molecule has 1 aromatic rings. The van der Waals surface area contributed by atoms with E-state index in [1.54, 1.807) is 0 Å². The molecule has 0 aliphatic heterocycles. The smallest absolute Gasteiger partial charge is 0.345 e. The number of carbonyl (C=O) groups excluding carboxylic acids is 1. The minimum absolute atomic E-state index is 0.154. The van der Waals surface area contributed by atoms with Crippen LogP contribution in [-0.2, 0) is 9.22 Å². The monoisotopic (exact) mass is 317 g/mol. The highest BCUT2D eigenvalue weighted by molar-refractivity contribution is 6.06. The zero-order chi connectivity index (χ0) is 16.2. The van der Waals surface area contributed by atoms with Gasteiger partial charge in [0.05, 0.1) is 5.92 Å². The van der Waals surface area contributed by atoms with Gasteiger partial charge in [0.2, 0.25) is 0 Å². The third-order valence-electron chi connectivity index (χ3n) is 4.30. The molecule has 3 heteroatoms. The van der Waals surface area contributed by atoms with E-state index in [0.717, 1.165) is 24.0 Å². The Morgan fingerprint density at radius 1 is 1.05 bits per heavy atom. The molecule has 0 aliphatic rings. The van der Waals surface area contributed by atoms with Gasteiger partial charge in [0.1, 0.15) is 0 Å². The molecule has 1 aromatic carbocycles. The Bertz CT molecular complexity index is 431. The molecule has 1 rings (SSSR count). The van der Waals surface area contributed by atoms with Gasteiger partial charge in [-0.3, -0.25) is 4.79 Å².